The van der Waals surface area contributed by atoms with Crippen LogP contribution in [-0.2, 0) is 4.79 Å². The van der Waals surface area contributed by atoms with Crippen molar-refractivity contribution >= 4 is 12.0 Å². The van der Waals surface area contributed by atoms with E-state index in [0.29, 0.717) is 0 Å². The van der Waals surface area contributed by atoms with E-state index >= 15 is 0 Å². The van der Waals surface area contributed by atoms with Gasteiger partial charge in [0, 0.05) is 12.3 Å². The molecule has 0 bridgehead atoms. The van der Waals surface area contributed by atoms with Crippen LogP contribution in [0.4, 0.5) is 4.39 Å². The van der Waals surface area contributed by atoms with Crippen molar-refractivity contribution in [2.45, 2.75) is 6.04 Å². The molecule has 124 valence electrons. The van der Waals surface area contributed by atoms with Gasteiger partial charge in [-0.1, -0.05) is 48.5 Å². The molecule has 1 unspecified atom stereocenters. The Bertz CT molecular complexity index is 807. The predicted octanol–water partition coefficient (Wildman–Crippen LogP) is 4.14. The first-order chi connectivity index (χ1) is 12.2. The molecule has 0 aliphatic carbocycles. The number of hydrogen-bond acceptors (Lipinski definition) is 2. The normalized spacial score (nSPS) is 12.0. The number of nitrogens with zero attached hydrogens (tertiary/aromatic N) is 1. The molecular weight excluding hydrogens is 315 g/mol. The third-order valence-electron chi connectivity index (χ3n) is 3.70. The monoisotopic (exact) mass is 332 g/mol. The van der Waals surface area contributed by atoms with Crippen LogP contribution in [0.15, 0.2) is 85.1 Å². The zero-order valence-corrected chi connectivity index (χ0v) is 13.5. The van der Waals surface area contributed by atoms with Gasteiger partial charge in [0.1, 0.15) is 5.82 Å². The molecule has 3 nitrogen and oxygen atoms in total. The number of nitrogens with one attached hydrogen (secondary N) is 1. The molecular formula is C21H17FN2O. The average molecular weight is 332 g/mol. The molecule has 0 radical (unpaired) electrons. The van der Waals surface area contributed by atoms with E-state index in [1.165, 1.54) is 18.2 Å². The standard InChI is InChI=1S/C21H17FN2O/c22-18-12-9-16(10-13-18)11-14-20(25)24-21(17-6-2-1-3-7-17)19-8-4-5-15-23-19/h1-15,21H,(H,24,25)/b14-11+. The average Bonchev–Trinajstić information content (AvgIpc) is 2.67. The fourth-order valence-electron chi connectivity index (χ4n) is 2.46. The lowest BCUT2D eigenvalue weighted by atomic mass is 10.0. The van der Waals surface area contributed by atoms with E-state index in [0.717, 1.165) is 16.8 Å². The summed E-state index contributed by atoms with van der Waals surface area (Å²) in [6, 6.07) is 20.9. The topological polar surface area (TPSA) is 42.0 Å². The van der Waals surface area contributed by atoms with Crippen LogP contribution in [0.25, 0.3) is 6.08 Å². The van der Waals surface area contributed by atoms with Crippen LogP contribution in [0, 0.1) is 5.82 Å². The number of carbonyl (C=O) groups is 1. The zero-order chi connectivity index (χ0) is 17.5. The van der Waals surface area contributed by atoms with E-state index in [1.54, 1.807) is 24.4 Å². The minimum absolute atomic E-state index is 0.246. The van der Waals surface area contributed by atoms with Crippen molar-refractivity contribution in [1.29, 1.82) is 0 Å². The van der Waals surface area contributed by atoms with Crippen molar-refractivity contribution in [1.82, 2.24) is 10.3 Å². The van der Waals surface area contributed by atoms with Crippen molar-refractivity contribution < 1.29 is 9.18 Å². The van der Waals surface area contributed by atoms with Crippen LogP contribution in [0.1, 0.15) is 22.9 Å². The van der Waals surface area contributed by atoms with Gasteiger partial charge in [-0.3, -0.25) is 9.78 Å². The Labute approximate surface area is 145 Å². The van der Waals surface area contributed by atoms with Gasteiger partial charge >= 0.3 is 0 Å². The van der Waals surface area contributed by atoms with Crippen molar-refractivity contribution in [2.75, 3.05) is 0 Å². The molecule has 2 aromatic carbocycles. The molecule has 3 aromatic rings. The maximum atomic E-state index is 12.9. The number of amides is 1. The van der Waals surface area contributed by atoms with Gasteiger partial charge in [0.05, 0.1) is 11.7 Å². The number of halogens is 1. The van der Waals surface area contributed by atoms with Gasteiger partial charge in [-0.05, 0) is 41.5 Å². The van der Waals surface area contributed by atoms with Gasteiger partial charge in [-0.2, -0.15) is 0 Å². The minimum atomic E-state index is -0.340. The number of aromatic nitrogens is 1. The fourth-order valence-corrected chi connectivity index (χ4v) is 2.46. The molecule has 0 fully saturated rings. The van der Waals surface area contributed by atoms with Crippen molar-refractivity contribution in [3.05, 3.63) is 108 Å². The second-order valence-electron chi connectivity index (χ2n) is 5.49. The maximum Gasteiger partial charge on any atom is 0.244 e. The molecule has 1 heterocycles. The molecule has 1 amide bonds. The molecule has 0 spiro atoms. The summed E-state index contributed by atoms with van der Waals surface area (Å²) in [5.74, 6) is -0.551. The summed E-state index contributed by atoms with van der Waals surface area (Å²) in [5.41, 5.74) is 2.47. The summed E-state index contributed by atoms with van der Waals surface area (Å²) < 4.78 is 12.9. The van der Waals surface area contributed by atoms with Crippen molar-refractivity contribution in [2.24, 2.45) is 0 Å². The SMILES string of the molecule is O=C(/C=C/c1ccc(F)cc1)NC(c1ccccc1)c1ccccn1. The van der Waals surface area contributed by atoms with E-state index in [-0.39, 0.29) is 17.8 Å². The first kappa shape index (κ1) is 16.6. The first-order valence-corrected chi connectivity index (χ1v) is 7.92. The molecule has 1 aromatic heterocycles. The lowest BCUT2D eigenvalue weighted by molar-refractivity contribution is -0.116. The van der Waals surface area contributed by atoms with E-state index in [2.05, 4.69) is 10.3 Å². The number of pyridine rings is 1. The summed E-state index contributed by atoms with van der Waals surface area (Å²) >= 11 is 0. The second-order valence-corrected chi connectivity index (χ2v) is 5.49. The lowest BCUT2D eigenvalue weighted by Crippen LogP contribution is -2.28. The van der Waals surface area contributed by atoms with Gasteiger partial charge in [0.25, 0.3) is 0 Å². The van der Waals surface area contributed by atoms with Crippen molar-refractivity contribution in [3.8, 4) is 0 Å². The maximum absolute atomic E-state index is 12.9. The molecule has 4 heteroatoms. The minimum Gasteiger partial charge on any atom is -0.340 e. The van der Waals surface area contributed by atoms with Crippen LogP contribution in [0.3, 0.4) is 0 Å². The number of rotatable bonds is 5. The van der Waals surface area contributed by atoms with E-state index in [1.807, 2.05) is 48.5 Å². The van der Waals surface area contributed by atoms with Gasteiger partial charge < -0.3 is 5.32 Å². The Kier molecular flexibility index (Phi) is 5.32. The van der Waals surface area contributed by atoms with Crippen LogP contribution in [-0.4, -0.2) is 10.9 Å². The summed E-state index contributed by atoms with van der Waals surface area (Å²) in [6.45, 7) is 0. The Morgan fingerprint density at radius 3 is 2.36 bits per heavy atom. The molecule has 0 saturated carbocycles. The van der Waals surface area contributed by atoms with Gasteiger partial charge in [-0.25, -0.2) is 4.39 Å². The highest BCUT2D eigenvalue weighted by Gasteiger charge is 2.16. The molecule has 3 rings (SSSR count). The molecule has 1 N–H and O–H groups in total. The summed E-state index contributed by atoms with van der Waals surface area (Å²) in [7, 11) is 0. The van der Waals surface area contributed by atoms with Gasteiger partial charge in [-0.15, -0.1) is 0 Å². The Balaban J connectivity index is 1.78. The largest absolute Gasteiger partial charge is 0.340 e. The van der Waals surface area contributed by atoms with Crippen LogP contribution in [0.5, 0.6) is 0 Å². The Morgan fingerprint density at radius 2 is 1.68 bits per heavy atom. The highest BCUT2D eigenvalue weighted by Crippen LogP contribution is 2.19. The molecule has 0 aliphatic rings. The van der Waals surface area contributed by atoms with Crippen LogP contribution in [0.2, 0.25) is 0 Å². The highest BCUT2D eigenvalue weighted by atomic mass is 19.1. The van der Waals surface area contributed by atoms with Crippen LogP contribution >= 0.6 is 0 Å². The van der Waals surface area contributed by atoms with E-state index in [9.17, 15) is 9.18 Å². The van der Waals surface area contributed by atoms with Crippen molar-refractivity contribution in [3.63, 3.8) is 0 Å². The van der Waals surface area contributed by atoms with Gasteiger partial charge in [0.15, 0.2) is 0 Å². The van der Waals surface area contributed by atoms with Gasteiger partial charge in [0.2, 0.25) is 5.91 Å². The van der Waals surface area contributed by atoms with E-state index in [4.69, 9.17) is 0 Å². The summed E-state index contributed by atoms with van der Waals surface area (Å²) in [4.78, 5) is 16.7. The Hall–Kier alpha value is -3.27. The number of benzene rings is 2. The third kappa shape index (κ3) is 4.61. The summed E-state index contributed by atoms with van der Waals surface area (Å²) in [5, 5.41) is 2.97. The number of hydrogen-bond donors (Lipinski definition) is 1. The second kappa shape index (κ2) is 8.02. The Morgan fingerprint density at radius 1 is 0.960 bits per heavy atom. The first-order valence-electron chi connectivity index (χ1n) is 7.92. The predicted molar refractivity (Wildman–Crippen MR) is 96.1 cm³/mol. The molecule has 0 saturated heterocycles. The molecule has 1 atom stereocenters. The third-order valence-corrected chi connectivity index (χ3v) is 3.70. The molecule has 0 aliphatic heterocycles. The highest BCUT2D eigenvalue weighted by molar-refractivity contribution is 5.92. The van der Waals surface area contributed by atoms with Crippen LogP contribution < -0.4 is 5.32 Å². The zero-order valence-electron chi connectivity index (χ0n) is 13.5. The summed E-state index contributed by atoms with van der Waals surface area (Å²) in [6.07, 6.45) is 4.78. The fraction of sp³-hybridized carbons (Fsp3) is 0.0476. The molecule has 25 heavy (non-hydrogen) atoms. The lowest BCUT2D eigenvalue weighted by Gasteiger charge is -2.17. The smallest absolute Gasteiger partial charge is 0.244 e. The van der Waals surface area contributed by atoms with E-state index < -0.39 is 0 Å². The quantitative estimate of drug-likeness (QED) is 0.714. The number of carbonyl (C=O) groups excluding carboxylic acids is 1.